The van der Waals surface area contributed by atoms with Gasteiger partial charge in [0.05, 0.1) is 61.6 Å². The second kappa shape index (κ2) is 24.2. The van der Waals surface area contributed by atoms with Crippen LogP contribution < -0.4 is 5.32 Å². The van der Waals surface area contributed by atoms with E-state index < -0.39 is 5.97 Å². The molecule has 0 fully saturated rings. The summed E-state index contributed by atoms with van der Waals surface area (Å²) in [6.07, 6.45) is 2.12. The van der Waals surface area contributed by atoms with Crippen molar-refractivity contribution >= 4 is 45.9 Å². The second-order valence-corrected chi connectivity index (χ2v) is 19.8. The predicted molar refractivity (Wildman–Crippen MR) is 294 cm³/mol. The van der Waals surface area contributed by atoms with E-state index >= 15 is 0 Å². The number of carbonyl (C=O) groups is 4. The maximum absolute atomic E-state index is 13.3. The lowest BCUT2D eigenvalue weighted by molar-refractivity contribution is -0.141. The number of carboxylic acid groups (broad SMARTS) is 1. The SMILES string of the molecule is CCn1nnc2c(C)c([C@H](CC(=O)OC)c3ccc4c(n3)CN(C(=O)c3ccc(C)c(C)c3)CC4)ccc21.CCn1nnc2c(C)c([C@H](CC(=O)OC)c3ccc4c(n3)CNCC4)ccc21.Cc1ccc(C(=O)O)cc1C. The zero-order chi connectivity index (χ0) is 55.1. The van der Waals surface area contributed by atoms with E-state index in [4.69, 9.17) is 24.5 Å². The standard InChI is InChI=1S/C30H33N5O3.C21H25N5O2.C9H10O2/c1-6-35-27-12-10-23(20(4)29(27)32-33-35)24(16-28(36)38-5)25-11-9-21-13-14-34(17-26(21)31-25)30(37)22-8-7-18(2)19(3)15-22;1-4-26-19-8-6-15(13(2)21(19)24-25-26)16(11-20(27)28-3)17-7-5-14-9-10-22-12-18(14)23-17;1-6-3-4-8(9(10)11)5-7(6)2/h7-12,15,24H,6,13-14,16-17H2,1-5H3;5-8,16,22H,4,9-12H2,1-3H3;3-5H,1-2H3,(H,10,11)/t24-;16-;/m00./s1. The summed E-state index contributed by atoms with van der Waals surface area (Å²) < 4.78 is 13.8. The molecule has 0 saturated carbocycles. The van der Waals surface area contributed by atoms with Crippen LogP contribution in [0.2, 0.25) is 0 Å². The summed E-state index contributed by atoms with van der Waals surface area (Å²) in [4.78, 5) is 60.3. The highest BCUT2D eigenvalue weighted by molar-refractivity contribution is 5.94. The predicted octanol–water partition coefficient (Wildman–Crippen LogP) is 9.16. The molecular weight excluding hydrogens is 973 g/mol. The number of carboxylic acids is 1. The molecule has 6 heterocycles. The van der Waals surface area contributed by atoms with Gasteiger partial charge in [0, 0.05) is 55.0 Å². The van der Waals surface area contributed by atoms with Crippen LogP contribution in [0.15, 0.2) is 84.9 Å². The molecule has 400 valence electrons. The number of methoxy groups -OCH3 is 2. The molecule has 0 saturated heterocycles. The summed E-state index contributed by atoms with van der Waals surface area (Å²) in [5, 5.41) is 29.2. The highest BCUT2D eigenvalue weighted by atomic mass is 16.5. The fourth-order valence-electron chi connectivity index (χ4n) is 10.1. The Morgan fingerprint density at radius 1 is 0.610 bits per heavy atom. The molecule has 4 aromatic heterocycles. The van der Waals surface area contributed by atoms with Gasteiger partial charge < -0.3 is 24.8 Å². The average Bonchev–Trinajstić information content (AvgIpc) is 4.10. The lowest BCUT2D eigenvalue weighted by Crippen LogP contribution is -2.36. The Bertz CT molecular complexity index is 3510. The second-order valence-electron chi connectivity index (χ2n) is 19.8. The zero-order valence-corrected chi connectivity index (χ0v) is 45.7. The number of carbonyl (C=O) groups excluding carboxylic acids is 3. The van der Waals surface area contributed by atoms with Crippen molar-refractivity contribution < 1.29 is 33.8 Å². The van der Waals surface area contributed by atoms with E-state index in [1.54, 1.807) is 12.1 Å². The van der Waals surface area contributed by atoms with Gasteiger partial charge in [-0.15, -0.1) is 10.2 Å². The normalized spacial score (nSPS) is 13.6. The van der Waals surface area contributed by atoms with Crippen LogP contribution in [0, 0.1) is 41.5 Å². The molecule has 2 aliphatic heterocycles. The van der Waals surface area contributed by atoms with Crippen LogP contribution >= 0.6 is 0 Å². The van der Waals surface area contributed by atoms with Crippen molar-refractivity contribution in [3.05, 3.63) is 174 Å². The summed E-state index contributed by atoms with van der Waals surface area (Å²) >= 11 is 0. The molecule has 2 N–H and O–H groups in total. The largest absolute Gasteiger partial charge is 0.478 e. The smallest absolute Gasteiger partial charge is 0.335 e. The Hall–Kier alpha value is -8.18. The van der Waals surface area contributed by atoms with E-state index in [1.807, 2.05) is 124 Å². The Labute approximate surface area is 449 Å². The van der Waals surface area contributed by atoms with Crippen molar-refractivity contribution in [1.82, 2.24) is 50.2 Å². The van der Waals surface area contributed by atoms with Crippen molar-refractivity contribution in [1.29, 1.82) is 0 Å². The molecular formula is C60H68N10O7. The summed E-state index contributed by atoms with van der Waals surface area (Å²) in [7, 11) is 2.82. The van der Waals surface area contributed by atoms with Crippen molar-refractivity contribution in [2.24, 2.45) is 0 Å². The first-order valence-corrected chi connectivity index (χ1v) is 26.2. The number of aromatic nitrogens is 8. The Balaban J connectivity index is 0.000000175. The van der Waals surface area contributed by atoms with Gasteiger partial charge in [-0.05, 0) is 179 Å². The molecule has 0 aliphatic carbocycles. The number of benzene rings is 4. The van der Waals surface area contributed by atoms with Gasteiger partial charge in [0.2, 0.25) is 0 Å². The van der Waals surface area contributed by atoms with Gasteiger partial charge in [-0.3, -0.25) is 24.4 Å². The number of pyridine rings is 2. The number of fused-ring (bicyclic) bond motifs is 4. The van der Waals surface area contributed by atoms with E-state index in [0.717, 1.165) is 128 Å². The summed E-state index contributed by atoms with van der Waals surface area (Å²) in [5.74, 6) is -1.91. The number of nitrogens with zero attached hydrogens (tertiary/aromatic N) is 9. The number of nitrogens with one attached hydrogen (secondary N) is 1. The molecule has 0 spiro atoms. The quantitative estimate of drug-likeness (QED) is 0.109. The first kappa shape index (κ1) is 55.1. The van der Waals surface area contributed by atoms with Crippen LogP contribution in [0.3, 0.4) is 0 Å². The van der Waals surface area contributed by atoms with Gasteiger partial charge in [-0.25, -0.2) is 14.2 Å². The highest BCUT2D eigenvalue weighted by Crippen LogP contribution is 2.36. The Morgan fingerprint density at radius 3 is 1.60 bits per heavy atom. The molecule has 4 aromatic carbocycles. The monoisotopic (exact) mass is 1040 g/mol. The lowest BCUT2D eigenvalue weighted by atomic mass is 9.87. The van der Waals surface area contributed by atoms with Crippen LogP contribution in [0.5, 0.6) is 0 Å². The summed E-state index contributed by atoms with van der Waals surface area (Å²) in [6, 6.07) is 27.4. The molecule has 0 bridgehead atoms. The van der Waals surface area contributed by atoms with Crippen molar-refractivity contribution in [2.45, 2.75) is 119 Å². The molecule has 77 heavy (non-hydrogen) atoms. The minimum absolute atomic E-state index is 0.0115. The van der Waals surface area contributed by atoms with Gasteiger partial charge in [0.25, 0.3) is 5.91 Å². The maximum Gasteiger partial charge on any atom is 0.335 e. The van der Waals surface area contributed by atoms with E-state index in [-0.39, 0.29) is 42.5 Å². The van der Waals surface area contributed by atoms with Crippen LogP contribution in [0.1, 0.15) is 138 Å². The average molecular weight is 1040 g/mol. The number of amides is 1. The third kappa shape index (κ3) is 12.1. The molecule has 0 radical (unpaired) electrons. The third-order valence-electron chi connectivity index (χ3n) is 15.1. The number of aromatic carboxylic acids is 1. The lowest BCUT2D eigenvalue weighted by Gasteiger charge is -2.29. The minimum atomic E-state index is -0.867. The van der Waals surface area contributed by atoms with E-state index in [0.29, 0.717) is 24.2 Å². The number of esters is 2. The number of aryl methyl sites for hydroxylation is 8. The van der Waals surface area contributed by atoms with Crippen molar-refractivity contribution in [3.63, 3.8) is 0 Å². The van der Waals surface area contributed by atoms with E-state index in [1.165, 1.54) is 25.3 Å². The van der Waals surface area contributed by atoms with Crippen molar-refractivity contribution in [3.8, 4) is 0 Å². The summed E-state index contributed by atoms with van der Waals surface area (Å²) in [5.41, 5.74) is 19.1. The van der Waals surface area contributed by atoms with Crippen molar-refractivity contribution in [2.75, 3.05) is 27.3 Å². The van der Waals surface area contributed by atoms with E-state index in [2.05, 4.69) is 44.1 Å². The van der Waals surface area contributed by atoms with Gasteiger partial charge in [0.1, 0.15) is 11.0 Å². The molecule has 17 heteroatoms. The van der Waals surface area contributed by atoms with Gasteiger partial charge in [0.15, 0.2) is 0 Å². The molecule has 2 aliphatic rings. The van der Waals surface area contributed by atoms with Gasteiger partial charge in [-0.1, -0.05) is 46.8 Å². The highest BCUT2D eigenvalue weighted by Gasteiger charge is 2.29. The van der Waals surface area contributed by atoms with Gasteiger partial charge in [-0.2, -0.15) is 0 Å². The van der Waals surface area contributed by atoms with E-state index in [9.17, 15) is 19.2 Å². The van der Waals surface area contributed by atoms with Crippen LogP contribution in [0.4, 0.5) is 0 Å². The number of rotatable bonds is 12. The Kier molecular flexibility index (Phi) is 17.3. The van der Waals surface area contributed by atoms with Crippen LogP contribution in [0.25, 0.3) is 22.1 Å². The molecule has 0 unspecified atom stereocenters. The minimum Gasteiger partial charge on any atom is -0.478 e. The Morgan fingerprint density at radius 2 is 1.10 bits per heavy atom. The fourth-order valence-corrected chi connectivity index (χ4v) is 10.1. The van der Waals surface area contributed by atoms with Crippen LogP contribution in [-0.2, 0) is 58.1 Å². The fraction of sp³-hybridized carbons (Fsp3) is 0.367. The molecule has 8 aromatic rings. The number of hydrogen-bond acceptors (Lipinski definition) is 13. The first-order valence-electron chi connectivity index (χ1n) is 26.2. The number of ether oxygens (including phenoxy) is 2. The van der Waals surface area contributed by atoms with Gasteiger partial charge >= 0.3 is 17.9 Å². The maximum atomic E-state index is 13.3. The third-order valence-corrected chi connectivity index (χ3v) is 15.1. The number of hydrogen-bond donors (Lipinski definition) is 2. The molecule has 10 rings (SSSR count). The zero-order valence-electron chi connectivity index (χ0n) is 45.7. The summed E-state index contributed by atoms with van der Waals surface area (Å²) in [6.45, 7) is 20.4. The molecule has 2 atom stereocenters. The molecule has 1 amide bonds. The first-order chi connectivity index (χ1) is 37.0. The molecule has 17 nitrogen and oxygen atoms in total. The topological polar surface area (TPSA) is 209 Å². The van der Waals surface area contributed by atoms with Crippen LogP contribution in [-0.4, -0.2) is 101 Å².